The third-order valence-corrected chi connectivity index (χ3v) is 4.22. The molecule has 2 aromatic heterocycles. The Bertz CT molecular complexity index is 633. The highest BCUT2D eigenvalue weighted by molar-refractivity contribution is 5.92. The Morgan fingerprint density at radius 2 is 2.29 bits per heavy atom. The van der Waals surface area contributed by atoms with Gasteiger partial charge in [0.15, 0.2) is 0 Å². The second-order valence-corrected chi connectivity index (χ2v) is 5.92. The van der Waals surface area contributed by atoms with Crippen LogP contribution in [0.3, 0.4) is 0 Å². The van der Waals surface area contributed by atoms with E-state index in [1.807, 2.05) is 24.7 Å². The highest BCUT2D eigenvalue weighted by atomic mass is 16.1. The molecule has 0 spiro atoms. The lowest BCUT2D eigenvalue weighted by atomic mass is 10.1. The number of aryl methyl sites for hydroxylation is 2. The van der Waals surface area contributed by atoms with E-state index in [-0.39, 0.29) is 5.91 Å². The van der Waals surface area contributed by atoms with Crippen LogP contribution in [0.4, 0.5) is 5.69 Å². The molecule has 1 saturated carbocycles. The number of carbonyl (C=O) groups is 1. The first-order valence-corrected chi connectivity index (χ1v) is 7.39. The molecule has 0 radical (unpaired) electrons. The van der Waals surface area contributed by atoms with E-state index < -0.39 is 0 Å². The zero-order valence-corrected chi connectivity index (χ0v) is 12.7. The molecular formula is C15H21N5O. The third-order valence-electron chi connectivity index (χ3n) is 4.22. The number of amides is 1. The Kier molecular flexibility index (Phi) is 3.53. The average molecular weight is 287 g/mol. The van der Waals surface area contributed by atoms with Crippen LogP contribution in [-0.2, 0) is 11.2 Å². The maximum atomic E-state index is 12.1. The number of nitrogens with one attached hydrogen (secondary N) is 2. The summed E-state index contributed by atoms with van der Waals surface area (Å²) in [6.45, 7) is 6.01. The van der Waals surface area contributed by atoms with Crippen molar-refractivity contribution in [2.45, 2.75) is 46.1 Å². The molecule has 21 heavy (non-hydrogen) atoms. The SMILES string of the molecule is Cc1n[nH]c(C)c1CC(=O)Nc1cnn([C@@H](C)C2CC2)c1. The van der Waals surface area contributed by atoms with E-state index in [1.165, 1.54) is 12.8 Å². The zero-order valence-electron chi connectivity index (χ0n) is 12.7. The molecule has 1 atom stereocenters. The largest absolute Gasteiger partial charge is 0.323 e. The van der Waals surface area contributed by atoms with Crippen molar-refractivity contribution in [1.29, 1.82) is 0 Å². The lowest BCUT2D eigenvalue weighted by Gasteiger charge is -2.09. The van der Waals surface area contributed by atoms with E-state index in [9.17, 15) is 4.79 Å². The van der Waals surface area contributed by atoms with Gasteiger partial charge in [-0.3, -0.25) is 14.6 Å². The van der Waals surface area contributed by atoms with Crippen LogP contribution in [0.5, 0.6) is 0 Å². The van der Waals surface area contributed by atoms with Gasteiger partial charge in [0.1, 0.15) is 0 Å². The van der Waals surface area contributed by atoms with Crippen LogP contribution >= 0.6 is 0 Å². The number of carbonyl (C=O) groups excluding carboxylic acids is 1. The molecule has 0 saturated heterocycles. The van der Waals surface area contributed by atoms with Crippen molar-refractivity contribution in [2.75, 3.05) is 5.32 Å². The van der Waals surface area contributed by atoms with Crippen LogP contribution in [0.15, 0.2) is 12.4 Å². The lowest BCUT2D eigenvalue weighted by molar-refractivity contribution is -0.115. The molecule has 0 bridgehead atoms. The number of rotatable bonds is 5. The van der Waals surface area contributed by atoms with Crippen molar-refractivity contribution in [3.63, 3.8) is 0 Å². The van der Waals surface area contributed by atoms with Crippen LogP contribution in [0, 0.1) is 19.8 Å². The van der Waals surface area contributed by atoms with Crippen LogP contribution in [0.25, 0.3) is 0 Å². The van der Waals surface area contributed by atoms with Gasteiger partial charge in [0.25, 0.3) is 0 Å². The molecule has 3 rings (SSSR count). The monoisotopic (exact) mass is 287 g/mol. The molecule has 2 N–H and O–H groups in total. The number of anilines is 1. The Balaban J connectivity index is 1.62. The predicted octanol–water partition coefficient (Wildman–Crippen LogP) is 2.38. The van der Waals surface area contributed by atoms with E-state index in [0.717, 1.165) is 28.6 Å². The first-order valence-electron chi connectivity index (χ1n) is 7.39. The normalized spacial score (nSPS) is 16.0. The summed E-state index contributed by atoms with van der Waals surface area (Å²) in [5.74, 6) is 0.700. The molecule has 1 aliphatic carbocycles. The highest BCUT2D eigenvalue weighted by Gasteiger charge is 2.29. The molecule has 1 amide bonds. The summed E-state index contributed by atoms with van der Waals surface area (Å²) in [5.41, 5.74) is 3.54. The second-order valence-electron chi connectivity index (χ2n) is 5.92. The molecular weight excluding hydrogens is 266 g/mol. The number of hydrogen-bond donors (Lipinski definition) is 2. The average Bonchev–Trinajstić information content (AvgIpc) is 3.13. The van der Waals surface area contributed by atoms with Crippen LogP contribution in [0.1, 0.15) is 42.8 Å². The molecule has 2 heterocycles. The van der Waals surface area contributed by atoms with Crippen LogP contribution in [0.2, 0.25) is 0 Å². The fraction of sp³-hybridized carbons (Fsp3) is 0.533. The zero-order chi connectivity index (χ0) is 15.0. The lowest BCUT2D eigenvalue weighted by Crippen LogP contribution is -2.15. The minimum Gasteiger partial charge on any atom is -0.323 e. The number of H-pyrrole nitrogens is 1. The summed E-state index contributed by atoms with van der Waals surface area (Å²) in [4.78, 5) is 12.1. The van der Waals surface area contributed by atoms with E-state index >= 15 is 0 Å². The molecule has 6 heteroatoms. The van der Waals surface area contributed by atoms with Gasteiger partial charge in [0.2, 0.25) is 5.91 Å². The number of aromatic nitrogens is 4. The van der Waals surface area contributed by atoms with Crippen molar-refractivity contribution in [3.8, 4) is 0 Å². The van der Waals surface area contributed by atoms with Crippen LogP contribution < -0.4 is 5.32 Å². The van der Waals surface area contributed by atoms with E-state index in [2.05, 4.69) is 27.5 Å². The summed E-state index contributed by atoms with van der Waals surface area (Å²) >= 11 is 0. The Labute approximate surface area is 123 Å². The van der Waals surface area contributed by atoms with Crippen molar-refractivity contribution in [3.05, 3.63) is 29.3 Å². The first kappa shape index (κ1) is 13.9. The molecule has 1 aliphatic rings. The van der Waals surface area contributed by atoms with Gasteiger partial charge in [-0.25, -0.2) is 0 Å². The molecule has 112 valence electrons. The number of aromatic amines is 1. The summed E-state index contributed by atoms with van der Waals surface area (Å²) in [6, 6.07) is 0.411. The maximum absolute atomic E-state index is 12.1. The Morgan fingerprint density at radius 3 is 2.90 bits per heavy atom. The molecule has 0 unspecified atom stereocenters. The molecule has 0 aromatic carbocycles. The topological polar surface area (TPSA) is 75.6 Å². The van der Waals surface area contributed by atoms with Crippen molar-refractivity contribution in [1.82, 2.24) is 20.0 Å². The van der Waals surface area contributed by atoms with Crippen LogP contribution in [-0.4, -0.2) is 25.9 Å². The van der Waals surface area contributed by atoms with Gasteiger partial charge in [0, 0.05) is 17.5 Å². The van der Waals surface area contributed by atoms with Gasteiger partial charge in [-0.1, -0.05) is 0 Å². The Morgan fingerprint density at radius 1 is 1.52 bits per heavy atom. The maximum Gasteiger partial charge on any atom is 0.229 e. The quantitative estimate of drug-likeness (QED) is 0.886. The fourth-order valence-electron chi connectivity index (χ4n) is 2.62. The Hall–Kier alpha value is -2.11. The predicted molar refractivity (Wildman–Crippen MR) is 80.1 cm³/mol. The van der Waals surface area contributed by atoms with Crippen molar-refractivity contribution in [2.24, 2.45) is 5.92 Å². The molecule has 1 fully saturated rings. The van der Waals surface area contributed by atoms with Gasteiger partial charge >= 0.3 is 0 Å². The summed E-state index contributed by atoms with van der Waals surface area (Å²) in [5, 5.41) is 14.3. The summed E-state index contributed by atoms with van der Waals surface area (Å²) in [6.07, 6.45) is 6.52. The molecule has 0 aliphatic heterocycles. The number of nitrogens with zero attached hydrogens (tertiary/aromatic N) is 3. The van der Waals surface area contributed by atoms with Crippen molar-refractivity contribution < 1.29 is 4.79 Å². The van der Waals surface area contributed by atoms with E-state index in [0.29, 0.717) is 12.5 Å². The van der Waals surface area contributed by atoms with Crippen molar-refractivity contribution >= 4 is 11.6 Å². The smallest absolute Gasteiger partial charge is 0.229 e. The van der Waals surface area contributed by atoms with Gasteiger partial charge in [0.05, 0.1) is 30.0 Å². The minimum absolute atomic E-state index is 0.0405. The second kappa shape index (κ2) is 5.35. The molecule has 6 nitrogen and oxygen atoms in total. The third kappa shape index (κ3) is 2.99. The standard InChI is InChI=1S/C15H21N5O/c1-9-14(10(2)19-18-9)6-15(21)17-13-7-16-20(8-13)11(3)12-4-5-12/h7-8,11-12H,4-6H2,1-3H3,(H,17,21)(H,18,19)/t11-/m0/s1. The molecule has 2 aromatic rings. The van der Waals surface area contributed by atoms with Gasteiger partial charge in [-0.2, -0.15) is 10.2 Å². The number of hydrogen-bond acceptors (Lipinski definition) is 3. The van der Waals surface area contributed by atoms with E-state index in [4.69, 9.17) is 0 Å². The van der Waals surface area contributed by atoms with Gasteiger partial charge < -0.3 is 5.32 Å². The summed E-state index contributed by atoms with van der Waals surface area (Å²) in [7, 11) is 0. The highest BCUT2D eigenvalue weighted by Crippen LogP contribution is 2.39. The fourth-order valence-corrected chi connectivity index (χ4v) is 2.62. The summed E-state index contributed by atoms with van der Waals surface area (Å²) < 4.78 is 1.95. The van der Waals surface area contributed by atoms with Gasteiger partial charge in [-0.05, 0) is 39.5 Å². The van der Waals surface area contributed by atoms with E-state index in [1.54, 1.807) is 6.20 Å². The van der Waals surface area contributed by atoms with Gasteiger partial charge in [-0.15, -0.1) is 0 Å². The minimum atomic E-state index is -0.0405. The first-order chi connectivity index (χ1) is 10.0.